The van der Waals surface area contributed by atoms with E-state index in [1.54, 1.807) is 11.9 Å². The Balaban J connectivity index is 2.03. The molecule has 2 aromatic rings. The molecule has 0 radical (unpaired) electrons. The van der Waals surface area contributed by atoms with E-state index in [4.69, 9.17) is 4.52 Å². The van der Waals surface area contributed by atoms with Gasteiger partial charge >= 0.3 is 6.01 Å². The van der Waals surface area contributed by atoms with Crippen molar-refractivity contribution in [2.75, 3.05) is 18.5 Å². The predicted octanol–water partition coefficient (Wildman–Crippen LogP) is 2.09. The number of hydrogen-bond acceptors (Lipinski definition) is 5. The summed E-state index contributed by atoms with van der Waals surface area (Å²) in [6.07, 6.45) is 0. The second kappa shape index (κ2) is 5.95. The van der Waals surface area contributed by atoms with Crippen LogP contribution in [0, 0.1) is 0 Å². The quantitative estimate of drug-likeness (QED) is 0.932. The lowest BCUT2D eigenvalue weighted by Gasteiger charge is -2.22. The lowest BCUT2D eigenvalue weighted by molar-refractivity contribution is -0.121. The molecule has 1 amide bonds. The van der Waals surface area contributed by atoms with Gasteiger partial charge in [0.2, 0.25) is 11.7 Å². The number of amides is 1. The molecule has 1 aromatic heterocycles. The van der Waals surface area contributed by atoms with E-state index in [9.17, 15) is 4.79 Å². The zero-order chi connectivity index (χ0) is 15.5. The van der Waals surface area contributed by atoms with E-state index in [-0.39, 0.29) is 18.0 Å². The molecule has 0 aliphatic carbocycles. The third-order valence-corrected chi connectivity index (χ3v) is 2.67. The molecule has 0 unspecified atom stereocenters. The summed E-state index contributed by atoms with van der Waals surface area (Å²) in [6, 6.07) is 9.87. The molecule has 0 bridgehead atoms. The van der Waals surface area contributed by atoms with Gasteiger partial charge in [-0.2, -0.15) is 4.98 Å². The molecule has 1 heterocycles. The van der Waals surface area contributed by atoms with Gasteiger partial charge in [-0.3, -0.25) is 4.79 Å². The number of rotatable bonds is 4. The van der Waals surface area contributed by atoms with Crippen molar-refractivity contribution < 1.29 is 9.32 Å². The molecule has 0 saturated carbocycles. The summed E-state index contributed by atoms with van der Waals surface area (Å²) in [5.74, 6) is 0.415. The van der Waals surface area contributed by atoms with E-state index in [2.05, 4.69) is 15.5 Å². The summed E-state index contributed by atoms with van der Waals surface area (Å²) in [6.45, 7) is 5.97. The first kappa shape index (κ1) is 15.0. The van der Waals surface area contributed by atoms with Crippen molar-refractivity contribution in [1.82, 2.24) is 15.5 Å². The monoisotopic (exact) mass is 288 g/mol. The number of carbonyl (C=O) groups is 1. The molecule has 2 rings (SSSR count). The molecular formula is C15H20N4O2. The highest BCUT2D eigenvalue weighted by Crippen LogP contribution is 2.18. The minimum atomic E-state index is -0.262. The van der Waals surface area contributed by atoms with Crippen molar-refractivity contribution in [2.45, 2.75) is 26.3 Å². The maximum Gasteiger partial charge on any atom is 0.324 e. The van der Waals surface area contributed by atoms with Crippen LogP contribution in [-0.4, -0.2) is 35.2 Å². The van der Waals surface area contributed by atoms with Gasteiger partial charge < -0.3 is 14.7 Å². The van der Waals surface area contributed by atoms with Crippen LogP contribution < -0.4 is 10.2 Å². The summed E-state index contributed by atoms with van der Waals surface area (Å²) in [5, 5.41) is 6.82. The number of anilines is 1. The smallest absolute Gasteiger partial charge is 0.324 e. The zero-order valence-corrected chi connectivity index (χ0v) is 12.8. The number of likely N-dealkylation sites (N-methyl/N-ethyl adjacent to an activating group) is 1. The maximum absolute atomic E-state index is 11.9. The van der Waals surface area contributed by atoms with Gasteiger partial charge in [-0.1, -0.05) is 35.5 Å². The highest BCUT2D eigenvalue weighted by atomic mass is 16.5. The van der Waals surface area contributed by atoms with Gasteiger partial charge in [0.25, 0.3) is 0 Å². The van der Waals surface area contributed by atoms with Crippen LogP contribution in [0.2, 0.25) is 0 Å². The molecule has 0 spiro atoms. The van der Waals surface area contributed by atoms with Gasteiger partial charge in [0, 0.05) is 18.2 Å². The van der Waals surface area contributed by atoms with Crippen molar-refractivity contribution in [3.8, 4) is 11.4 Å². The normalized spacial score (nSPS) is 11.2. The molecule has 112 valence electrons. The Morgan fingerprint density at radius 2 is 1.95 bits per heavy atom. The van der Waals surface area contributed by atoms with E-state index >= 15 is 0 Å². The summed E-state index contributed by atoms with van der Waals surface area (Å²) >= 11 is 0. The Morgan fingerprint density at radius 1 is 1.29 bits per heavy atom. The second-order valence-corrected chi connectivity index (χ2v) is 5.92. The van der Waals surface area contributed by atoms with Crippen LogP contribution in [0.15, 0.2) is 34.9 Å². The van der Waals surface area contributed by atoms with Crippen molar-refractivity contribution >= 4 is 11.9 Å². The maximum atomic E-state index is 11.9. The van der Waals surface area contributed by atoms with Crippen molar-refractivity contribution in [1.29, 1.82) is 0 Å². The third-order valence-electron chi connectivity index (χ3n) is 2.67. The van der Waals surface area contributed by atoms with Gasteiger partial charge in [0.15, 0.2) is 0 Å². The first-order valence-electron chi connectivity index (χ1n) is 6.76. The van der Waals surface area contributed by atoms with Crippen molar-refractivity contribution in [3.63, 3.8) is 0 Å². The van der Waals surface area contributed by atoms with Crippen LogP contribution in [0.3, 0.4) is 0 Å². The van der Waals surface area contributed by atoms with Crippen LogP contribution in [-0.2, 0) is 4.79 Å². The van der Waals surface area contributed by atoms with E-state index in [0.29, 0.717) is 11.8 Å². The summed E-state index contributed by atoms with van der Waals surface area (Å²) in [5.41, 5.74) is 0.613. The van der Waals surface area contributed by atoms with E-state index in [0.717, 1.165) is 5.56 Å². The minimum absolute atomic E-state index is 0.0931. The highest BCUT2D eigenvalue weighted by molar-refractivity contribution is 5.81. The average Bonchev–Trinajstić information content (AvgIpc) is 2.87. The molecule has 0 fully saturated rings. The SMILES string of the molecule is CN(CC(=O)NC(C)(C)C)c1nc(-c2ccccc2)no1. The van der Waals surface area contributed by atoms with Crippen LogP contribution in [0.5, 0.6) is 0 Å². The molecule has 0 aliphatic rings. The van der Waals surface area contributed by atoms with Gasteiger partial charge in [0.05, 0.1) is 0 Å². The fourth-order valence-electron chi connectivity index (χ4n) is 1.82. The largest absolute Gasteiger partial charge is 0.350 e. The number of benzene rings is 1. The predicted molar refractivity (Wildman–Crippen MR) is 80.9 cm³/mol. The lowest BCUT2D eigenvalue weighted by atomic mass is 10.1. The summed E-state index contributed by atoms with van der Waals surface area (Å²) in [7, 11) is 1.74. The Hall–Kier alpha value is -2.37. The molecule has 0 atom stereocenters. The van der Waals surface area contributed by atoms with Gasteiger partial charge in [0.1, 0.15) is 6.54 Å². The van der Waals surface area contributed by atoms with E-state index in [1.807, 2.05) is 51.1 Å². The Labute approximate surface area is 124 Å². The highest BCUT2D eigenvalue weighted by Gasteiger charge is 2.18. The second-order valence-electron chi connectivity index (χ2n) is 5.92. The molecular weight excluding hydrogens is 268 g/mol. The minimum Gasteiger partial charge on any atom is -0.350 e. The Kier molecular flexibility index (Phi) is 4.26. The summed E-state index contributed by atoms with van der Waals surface area (Å²) < 4.78 is 5.20. The number of aromatic nitrogens is 2. The first-order valence-corrected chi connectivity index (χ1v) is 6.76. The fourth-order valence-corrected chi connectivity index (χ4v) is 1.82. The summed E-state index contributed by atoms with van der Waals surface area (Å²) in [4.78, 5) is 17.8. The first-order chi connectivity index (χ1) is 9.85. The van der Waals surface area contributed by atoms with Crippen molar-refractivity contribution in [2.24, 2.45) is 0 Å². The number of hydrogen-bond donors (Lipinski definition) is 1. The molecule has 6 heteroatoms. The molecule has 1 aromatic carbocycles. The Bertz CT molecular complexity index is 602. The topological polar surface area (TPSA) is 71.3 Å². The van der Waals surface area contributed by atoms with Gasteiger partial charge in [-0.05, 0) is 20.8 Å². The molecule has 0 saturated heterocycles. The van der Waals surface area contributed by atoms with Crippen LogP contribution in [0.4, 0.5) is 6.01 Å². The van der Waals surface area contributed by atoms with Crippen molar-refractivity contribution in [3.05, 3.63) is 30.3 Å². The van der Waals surface area contributed by atoms with Crippen LogP contribution in [0.25, 0.3) is 11.4 Å². The van der Waals surface area contributed by atoms with E-state index in [1.165, 1.54) is 0 Å². The molecule has 1 N–H and O–H groups in total. The average molecular weight is 288 g/mol. The van der Waals surface area contributed by atoms with Crippen LogP contribution in [0.1, 0.15) is 20.8 Å². The third kappa shape index (κ3) is 4.30. The molecule has 6 nitrogen and oxygen atoms in total. The zero-order valence-electron chi connectivity index (χ0n) is 12.8. The molecule has 21 heavy (non-hydrogen) atoms. The lowest BCUT2D eigenvalue weighted by Crippen LogP contribution is -2.45. The number of nitrogens with one attached hydrogen (secondary N) is 1. The van der Waals surface area contributed by atoms with Gasteiger partial charge in [-0.25, -0.2) is 0 Å². The Morgan fingerprint density at radius 3 is 2.57 bits per heavy atom. The number of carbonyl (C=O) groups excluding carboxylic acids is 1. The number of nitrogens with zero attached hydrogens (tertiary/aromatic N) is 3. The standard InChI is InChI=1S/C15H20N4O2/c1-15(2,3)17-12(20)10-19(4)14-16-13(18-21-14)11-8-6-5-7-9-11/h5-9H,10H2,1-4H3,(H,17,20). The van der Waals surface area contributed by atoms with E-state index < -0.39 is 0 Å². The van der Waals surface area contributed by atoms with Gasteiger partial charge in [-0.15, -0.1) is 0 Å². The van der Waals surface area contributed by atoms with Crippen LogP contribution >= 0.6 is 0 Å². The molecule has 0 aliphatic heterocycles. The fraction of sp³-hybridized carbons (Fsp3) is 0.400.